The van der Waals surface area contributed by atoms with Crippen LogP contribution in [0.5, 0.6) is 0 Å². The highest BCUT2D eigenvalue weighted by Crippen LogP contribution is 2.10. The maximum Gasteiger partial charge on any atom is 0.407 e. The molecule has 6 heteroatoms. The number of carbonyl (C=O) groups is 1. The van der Waals surface area contributed by atoms with Crippen molar-refractivity contribution in [3.8, 4) is 0 Å². The normalized spacial score (nSPS) is 15.0. The molecule has 0 aliphatic heterocycles. The Hall–Kier alpha value is -0.850. The molecular formula is C14H30N2O4. The van der Waals surface area contributed by atoms with Gasteiger partial charge >= 0.3 is 6.09 Å². The Labute approximate surface area is 121 Å². The van der Waals surface area contributed by atoms with Crippen LogP contribution in [0.15, 0.2) is 0 Å². The van der Waals surface area contributed by atoms with Crippen LogP contribution in [0.3, 0.4) is 0 Å². The topological polar surface area (TPSA) is 90.8 Å². The van der Waals surface area contributed by atoms with Gasteiger partial charge in [-0.25, -0.2) is 4.79 Å². The fourth-order valence-electron chi connectivity index (χ4n) is 1.57. The van der Waals surface area contributed by atoms with Gasteiger partial charge in [0.25, 0.3) is 0 Å². The van der Waals surface area contributed by atoms with Crippen LogP contribution in [0.2, 0.25) is 0 Å². The van der Waals surface area contributed by atoms with Crippen molar-refractivity contribution in [2.75, 3.05) is 26.2 Å². The third-order valence-corrected chi connectivity index (χ3v) is 2.85. The second-order valence-electron chi connectivity index (χ2n) is 6.38. The van der Waals surface area contributed by atoms with Crippen molar-refractivity contribution in [1.82, 2.24) is 10.6 Å². The number of aliphatic hydroxyl groups is 2. The van der Waals surface area contributed by atoms with E-state index in [9.17, 15) is 9.90 Å². The fourth-order valence-corrected chi connectivity index (χ4v) is 1.57. The standard InChI is InChI=1S/C14H30N2O4/c1-10(2)11(6-15-8-12(18)9-17)7-16-13(19)20-14(3,4)5/h10-12,15,17-18H,6-9H2,1-5H3,(H,16,19). The first-order chi connectivity index (χ1) is 9.15. The van der Waals surface area contributed by atoms with Crippen LogP contribution in [0.1, 0.15) is 34.6 Å². The molecule has 20 heavy (non-hydrogen) atoms. The third-order valence-electron chi connectivity index (χ3n) is 2.85. The quantitative estimate of drug-likeness (QED) is 0.529. The van der Waals surface area contributed by atoms with Crippen LogP contribution in [0.4, 0.5) is 4.79 Å². The molecule has 0 aliphatic rings. The number of amides is 1. The van der Waals surface area contributed by atoms with Crippen LogP contribution in [-0.4, -0.2) is 54.3 Å². The van der Waals surface area contributed by atoms with E-state index in [0.717, 1.165) is 0 Å². The van der Waals surface area contributed by atoms with Gasteiger partial charge in [-0.3, -0.25) is 0 Å². The molecule has 0 rings (SSSR count). The number of carbonyl (C=O) groups excluding carboxylic acids is 1. The SMILES string of the molecule is CC(C)C(CNCC(O)CO)CNC(=O)OC(C)(C)C. The van der Waals surface area contributed by atoms with E-state index in [1.807, 2.05) is 20.8 Å². The highest BCUT2D eigenvalue weighted by Gasteiger charge is 2.19. The van der Waals surface area contributed by atoms with E-state index in [4.69, 9.17) is 9.84 Å². The number of ether oxygens (including phenoxy) is 1. The summed E-state index contributed by atoms with van der Waals surface area (Å²) in [7, 11) is 0. The Balaban J connectivity index is 4.06. The molecule has 4 N–H and O–H groups in total. The van der Waals surface area contributed by atoms with Crippen LogP contribution >= 0.6 is 0 Å². The highest BCUT2D eigenvalue weighted by molar-refractivity contribution is 5.67. The number of hydrogen-bond acceptors (Lipinski definition) is 5. The maximum absolute atomic E-state index is 11.6. The molecule has 0 aromatic rings. The van der Waals surface area contributed by atoms with Crippen molar-refractivity contribution in [1.29, 1.82) is 0 Å². The average Bonchev–Trinajstić information content (AvgIpc) is 2.30. The molecule has 0 aromatic carbocycles. The molecule has 6 nitrogen and oxygen atoms in total. The van der Waals surface area contributed by atoms with Gasteiger partial charge in [0.15, 0.2) is 0 Å². The van der Waals surface area contributed by atoms with Gasteiger partial charge in [-0.15, -0.1) is 0 Å². The number of rotatable bonds is 8. The summed E-state index contributed by atoms with van der Waals surface area (Å²) in [6.07, 6.45) is -1.17. The van der Waals surface area contributed by atoms with Crippen molar-refractivity contribution in [2.45, 2.75) is 46.3 Å². The molecule has 0 bridgehead atoms. The lowest BCUT2D eigenvalue weighted by Gasteiger charge is -2.24. The van der Waals surface area contributed by atoms with Crippen molar-refractivity contribution in [2.24, 2.45) is 11.8 Å². The Morgan fingerprint density at radius 2 is 1.80 bits per heavy atom. The average molecular weight is 290 g/mol. The van der Waals surface area contributed by atoms with Crippen LogP contribution in [0.25, 0.3) is 0 Å². The summed E-state index contributed by atoms with van der Waals surface area (Å²) in [4.78, 5) is 11.6. The molecule has 0 heterocycles. The lowest BCUT2D eigenvalue weighted by Crippen LogP contribution is -2.41. The zero-order chi connectivity index (χ0) is 15.8. The summed E-state index contributed by atoms with van der Waals surface area (Å²) in [5, 5.41) is 23.8. The summed E-state index contributed by atoms with van der Waals surface area (Å²) in [6, 6.07) is 0. The van der Waals surface area contributed by atoms with Gasteiger partial charge in [-0.2, -0.15) is 0 Å². The predicted octanol–water partition coefficient (Wildman–Crippen LogP) is 0.726. The number of nitrogens with one attached hydrogen (secondary N) is 2. The molecule has 1 amide bonds. The van der Waals surface area contributed by atoms with Crippen LogP contribution < -0.4 is 10.6 Å². The molecule has 0 saturated carbocycles. The molecule has 0 aliphatic carbocycles. The molecule has 0 aromatic heterocycles. The van der Waals surface area contributed by atoms with Crippen molar-refractivity contribution >= 4 is 6.09 Å². The molecule has 0 saturated heterocycles. The molecule has 0 spiro atoms. The van der Waals surface area contributed by atoms with Gasteiger partial charge in [0.1, 0.15) is 5.60 Å². The minimum Gasteiger partial charge on any atom is -0.444 e. The van der Waals surface area contributed by atoms with Gasteiger partial charge < -0.3 is 25.6 Å². The van der Waals surface area contributed by atoms with E-state index >= 15 is 0 Å². The number of hydrogen-bond donors (Lipinski definition) is 4. The monoisotopic (exact) mass is 290 g/mol. The minimum atomic E-state index is -0.748. The third kappa shape index (κ3) is 10.00. The number of aliphatic hydroxyl groups excluding tert-OH is 2. The first-order valence-corrected chi connectivity index (χ1v) is 7.12. The second kappa shape index (κ2) is 9.15. The predicted molar refractivity (Wildman–Crippen MR) is 78.5 cm³/mol. The zero-order valence-electron chi connectivity index (χ0n) is 13.3. The van der Waals surface area contributed by atoms with E-state index < -0.39 is 17.8 Å². The van der Waals surface area contributed by atoms with Crippen molar-refractivity contribution in [3.63, 3.8) is 0 Å². The summed E-state index contributed by atoms with van der Waals surface area (Å²) in [6.45, 7) is 10.9. The van der Waals surface area contributed by atoms with Crippen LogP contribution in [-0.2, 0) is 4.74 Å². The summed E-state index contributed by atoms with van der Waals surface area (Å²) in [5.74, 6) is 0.608. The smallest absolute Gasteiger partial charge is 0.407 e. The van der Waals surface area contributed by atoms with Gasteiger partial charge in [0.2, 0.25) is 0 Å². The Morgan fingerprint density at radius 1 is 1.20 bits per heavy atom. The first kappa shape index (κ1) is 19.1. The Morgan fingerprint density at radius 3 is 2.25 bits per heavy atom. The summed E-state index contributed by atoms with van der Waals surface area (Å²) >= 11 is 0. The summed E-state index contributed by atoms with van der Waals surface area (Å²) < 4.78 is 5.18. The van der Waals surface area contributed by atoms with Gasteiger partial charge in [0.05, 0.1) is 12.7 Å². The van der Waals surface area contributed by atoms with Crippen LogP contribution in [0, 0.1) is 11.8 Å². The largest absolute Gasteiger partial charge is 0.444 e. The first-order valence-electron chi connectivity index (χ1n) is 7.12. The van der Waals surface area contributed by atoms with Crippen molar-refractivity contribution in [3.05, 3.63) is 0 Å². The number of alkyl carbamates (subject to hydrolysis) is 1. The Kier molecular flexibility index (Phi) is 8.76. The van der Waals surface area contributed by atoms with Gasteiger partial charge in [-0.1, -0.05) is 13.8 Å². The zero-order valence-corrected chi connectivity index (χ0v) is 13.3. The molecule has 2 unspecified atom stereocenters. The maximum atomic E-state index is 11.6. The lowest BCUT2D eigenvalue weighted by atomic mass is 9.96. The fraction of sp³-hybridized carbons (Fsp3) is 0.929. The van der Waals surface area contributed by atoms with E-state index in [1.54, 1.807) is 0 Å². The van der Waals surface area contributed by atoms with Gasteiger partial charge in [0, 0.05) is 13.1 Å². The minimum absolute atomic E-state index is 0.230. The van der Waals surface area contributed by atoms with Crippen molar-refractivity contribution < 1.29 is 19.7 Å². The molecule has 0 fully saturated rings. The molecule has 0 radical (unpaired) electrons. The van der Waals surface area contributed by atoms with E-state index in [2.05, 4.69) is 24.5 Å². The van der Waals surface area contributed by atoms with E-state index in [1.165, 1.54) is 0 Å². The summed E-state index contributed by atoms with van der Waals surface area (Å²) in [5.41, 5.74) is -0.499. The Bertz CT molecular complexity index is 277. The molecule has 2 atom stereocenters. The highest BCUT2D eigenvalue weighted by atomic mass is 16.6. The van der Waals surface area contributed by atoms with Gasteiger partial charge in [-0.05, 0) is 39.2 Å². The van der Waals surface area contributed by atoms with E-state index in [-0.39, 0.29) is 12.5 Å². The lowest BCUT2D eigenvalue weighted by molar-refractivity contribution is 0.0513. The molecule has 120 valence electrons. The molecular weight excluding hydrogens is 260 g/mol. The second-order valence-corrected chi connectivity index (χ2v) is 6.38. The van der Waals surface area contributed by atoms with E-state index in [0.29, 0.717) is 25.6 Å².